The molecule has 13 rings (SSSR count). The predicted molar refractivity (Wildman–Crippen MR) is 235 cm³/mol. The first-order chi connectivity index (χ1) is 28.3. The normalized spacial score (nSPS) is 13.4. The highest BCUT2D eigenvalue weighted by atomic mass is 16.3. The molecule has 0 aliphatic heterocycles. The molecular formula is C55H33NO. The van der Waals surface area contributed by atoms with Gasteiger partial charge in [0, 0.05) is 32.8 Å². The SMILES string of the molecule is c1ccc(-c2cccc(-c3cc4c(c5c3oc3ccccc35)-c3c(ccc5c3c3ccccc3n5-c3ccccc3)C43c4ccccc4-c4ccccc43)c2)cc1. The topological polar surface area (TPSA) is 18.1 Å². The van der Waals surface area contributed by atoms with Crippen LogP contribution in [0.4, 0.5) is 0 Å². The van der Waals surface area contributed by atoms with Crippen LogP contribution < -0.4 is 0 Å². The van der Waals surface area contributed by atoms with Crippen LogP contribution in [0.25, 0.3) is 93.9 Å². The zero-order chi connectivity index (χ0) is 37.2. The first-order valence-corrected chi connectivity index (χ1v) is 19.8. The average Bonchev–Trinajstić information content (AvgIpc) is 4.00. The average molecular weight is 724 g/mol. The van der Waals surface area contributed by atoms with Crippen LogP contribution in [0, 0.1) is 0 Å². The van der Waals surface area contributed by atoms with Crippen molar-refractivity contribution < 1.29 is 4.42 Å². The van der Waals surface area contributed by atoms with Crippen molar-refractivity contribution in [1.29, 1.82) is 0 Å². The van der Waals surface area contributed by atoms with E-state index in [2.05, 4.69) is 205 Å². The highest BCUT2D eigenvalue weighted by molar-refractivity contribution is 6.26. The summed E-state index contributed by atoms with van der Waals surface area (Å²) >= 11 is 0. The molecule has 2 heteroatoms. The van der Waals surface area contributed by atoms with Crippen molar-refractivity contribution >= 4 is 43.7 Å². The monoisotopic (exact) mass is 723 g/mol. The van der Waals surface area contributed by atoms with Crippen LogP contribution in [0.3, 0.4) is 0 Å². The van der Waals surface area contributed by atoms with Crippen LogP contribution in [-0.4, -0.2) is 4.57 Å². The van der Waals surface area contributed by atoms with Gasteiger partial charge in [0.05, 0.1) is 16.4 Å². The van der Waals surface area contributed by atoms with E-state index in [9.17, 15) is 0 Å². The van der Waals surface area contributed by atoms with E-state index in [1.54, 1.807) is 0 Å². The van der Waals surface area contributed by atoms with E-state index in [1.807, 2.05) is 0 Å². The van der Waals surface area contributed by atoms with Gasteiger partial charge in [-0.2, -0.15) is 0 Å². The molecule has 0 N–H and O–H groups in total. The highest BCUT2D eigenvalue weighted by Gasteiger charge is 2.53. The minimum absolute atomic E-state index is 0.555. The second-order valence-electron chi connectivity index (χ2n) is 15.5. The largest absolute Gasteiger partial charge is 0.455 e. The summed E-state index contributed by atoms with van der Waals surface area (Å²) in [6, 6.07) is 73.5. The summed E-state index contributed by atoms with van der Waals surface area (Å²) in [6.45, 7) is 0. The summed E-state index contributed by atoms with van der Waals surface area (Å²) in [4.78, 5) is 0. The van der Waals surface area contributed by atoms with Crippen molar-refractivity contribution in [2.24, 2.45) is 0 Å². The van der Waals surface area contributed by atoms with Gasteiger partial charge in [0.1, 0.15) is 11.2 Å². The number of fused-ring (bicyclic) bond motifs is 18. The maximum Gasteiger partial charge on any atom is 0.143 e. The van der Waals surface area contributed by atoms with Gasteiger partial charge in [0.15, 0.2) is 0 Å². The molecule has 2 aliphatic rings. The van der Waals surface area contributed by atoms with Crippen LogP contribution in [0.5, 0.6) is 0 Å². The van der Waals surface area contributed by atoms with Gasteiger partial charge in [-0.05, 0) is 104 Å². The van der Waals surface area contributed by atoms with Crippen molar-refractivity contribution in [2.45, 2.75) is 5.41 Å². The van der Waals surface area contributed by atoms with Crippen molar-refractivity contribution in [1.82, 2.24) is 4.57 Å². The summed E-state index contributed by atoms with van der Waals surface area (Å²) in [7, 11) is 0. The smallest absolute Gasteiger partial charge is 0.143 e. The summed E-state index contributed by atoms with van der Waals surface area (Å²) < 4.78 is 9.53. The maximum absolute atomic E-state index is 7.08. The number of nitrogens with zero attached hydrogens (tertiary/aromatic N) is 1. The number of benzene rings is 9. The molecule has 11 aromatic rings. The number of hydrogen-bond acceptors (Lipinski definition) is 1. The van der Waals surface area contributed by atoms with E-state index >= 15 is 0 Å². The lowest BCUT2D eigenvalue weighted by Crippen LogP contribution is -2.26. The lowest BCUT2D eigenvalue weighted by molar-refractivity contribution is 0.669. The molecule has 57 heavy (non-hydrogen) atoms. The fourth-order valence-electron chi connectivity index (χ4n) is 10.6. The Bertz CT molecular complexity index is 3410. The molecule has 264 valence electrons. The second-order valence-corrected chi connectivity index (χ2v) is 15.5. The molecule has 2 aromatic heterocycles. The number of hydrogen-bond donors (Lipinski definition) is 0. The van der Waals surface area contributed by atoms with Crippen LogP contribution in [-0.2, 0) is 5.41 Å². The summed E-state index contributed by atoms with van der Waals surface area (Å²) in [5, 5.41) is 4.83. The van der Waals surface area contributed by atoms with E-state index in [4.69, 9.17) is 4.42 Å². The molecule has 1 spiro atoms. The predicted octanol–water partition coefficient (Wildman–Crippen LogP) is 14.4. The van der Waals surface area contributed by atoms with E-state index in [1.165, 1.54) is 82.8 Å². The molecule has 0 atom stereocenters. The van der Waals surface area contributed by atoms with Gasteiger partial charge in [0.25, 0.3) is 0 Å². The summed E-state index contributed by atoms with van der Waals surface area (Å²) in [5.74, 6) is 0. The molecule has 0 unspecified atom stereocenters. The van der Waals surface area contributed by atoms with Gasteiger partial charge >= 0.3 is 0 Å². The Hall–Kier alpha value is -7.42. The van der Waals surface area contributed by atoms with Gasteiger partial charge in [-0.3, -0.25) is 0 Å². The lowest BCUT2D eigenvalue weighted by Gasteiger charge is -2.31. The van der Waals surface area contributed by atoms with Crippen LogP contribution in [0.1, 0.15) is 22.3 Å². The van der Waals surface area contributed by atoms with Gasteiger partial charge in [-0.1, -0.05) is 158 Å². The molecular weight excluding hydrogens is 691 g/mol. The van der Waals surface area contributed by atoms with Gasteiger partial charge < -0.3 is 8.98 Å². The van der Waals surface area contributed by atoms with Gasteiger partial charge in [-0.15, -0.1) is 0 Å². The zero-order valence-corrected chi connectivity index (χ0v) is 30.9. The van der Waals surface area contributed by atoms with E-state index in [0.29, 0.717) is 0 Å². The van der Waals surface area contributed by atoms with Crippen molar-refractivity contribution in [2.75, 3.05) is 0 Å². The molecule has 2 nitrogen and oxygen atoms in total. The third-order valence-electron chi connectivity index (χ3n) is 12.8. The van der Waals surface area contributed by atoms with E-state index in [0.717, 1.165) is 33.4 Å². The maximum atomic E-state index is 7.08. The standard InChI is InChI=1S/C55H33NO/c1-3-16-34(17-4-1)35-18-15-19-36(32-35)42-33-46-53(51-41-25-10-14-29-49(41)57-54(42)51)52-45(55(46)43-26-11-7-22-38(43)39-23-8-12-27-44(39)55)30-31-48-50(52)40-24-9-13-28-47(40)56(48)37-20-5-2-6-21-37/h1-33H. The van der Waals surface area contributed by atoms with Gasteiger partial charge in [-0.25, -0.2) is 0 Å². The molecule has 0 saturated carbocycles. The molecule has 2 aliphatic carbocycles. The molecule has 9 aromatic carbocycles. The zero-order valence-electron chi connectivity index (χ0n) is 30.9. The Balaban J connectivity index is 1.26. The first kappa shape index (κ1) is 30.9. The Labute approximate surface area is 329 Å². The van der Waals surface area contributed by atoms with Crippen molar-refractivity contribution in [3.05, 3.63) is 222 Å². The van der Waals surface area contributed by atoms with E-state index < -0.39 is 5.41 Å². The molecule has 0 bridgehead atoms. The minimum Gasteiger partial charge on any atom is -0.455 e. The van der Waals surface area contributed by atoms with Crippen LogP contribution in [0.15, 0.2) is 205 Å². The van der Waals surface area contributed by atoms with Crippen molar-refractivity contribution in [3.8, 4) is 50.2 Å². The Kier molecular flexibility index (Phi) is 6.13. The minimum atomic E-state index is -0.555. The molecule has 0 amide bonds. The molecule has 0 saturated heterocycles. The fourth-order valence-corrected chi connectivity index (χ4v) is 10.6. The summed E-state index contributed by atoms with van der Waals surface area (Å²) in [6.07, 6.45) is 0. The highest BCUT2D eigenvalue weighted by Crippen LogP contribution is 2.66. The molecule has 0 fully saturated rings. The third kappa shape index (κ3) is 3.94. The number of para-hydroxylation sites is 3. The Morgan fingerprint density at radius 2 is 0.982 bits per heavy atom. The Morgan fingerprint density at radius 3 is 1.77 bits per heavy atom. The van der Waals surface area contributed by atoms with Crippen LogP contribution in [0.2, 0.25) is 0 Å². The summed E-state index contributed by atoms with van der Waals surface area (Å²) in [5.41, 5.74) is 19.9. The van der Waals surface area contributed by atoms with Gasteiger partial charge in [0.2, 0.25) is 0 Å². The number of furan rings is 1. The fraction of sp³-hybridized carbons (Fsp3) is 0.0182. The molecule has 0 radical (unpaired) electrons. The second kappa shape index (κ2) is 11.3. The number of rotatable bonds is 3. The van der Waals surface area contributed by atoms with Crippen LogP contribution >= 0.6 is 0 Å². The Morgan fingerprint density at radius 1 is 0.368 bits per heavy atom. The van der Waals surface area contributed by atoms with Crippen molar-refractivity contribution in [3.63, 3.8) is 0 Å². The first-order valence-electron chi connectivity index (χ1n) is 19.8. The molecule has 2 heterocycles. The van der Waals surface area contributed by atoms with E-state index in [-0.39, 0.29) is 0 Å². The third-order valence-corrected chi connectivity index (χ3v) is 12.8. The lowest BCUT2D eigenvalue weighted by atomic mass is 9.70. The quantitative estimate of drug-likeness (QED) is 0.177. The number of aromatic nitrogens is 1.